The van der Waals surface area contributed by atoms with E-state index in [0.29, 0.717) is 11.8 Å². The van der Waals surface area contributed by atoms with Gasteiger partial charge in [-0.25, -0.2) is 0 Å². The summed E-state index contributed by atoms with van der Waals surface area (Å²) in [5, 5.41) is 3.43. The van der Waals surface area contributed by atoms with Gasteiger partial charge < -0.3 is 9.88 Å². The Hall–Kier alpha value is -0.610. The Kier molecular flexibility index (Phi) is 2.98. The number of rotatable bonds is 0. The maximum Gasteiger partial charge on any atom is 0.250 e. The van der Waals surface area contributed by atoms with Crippen LogP contribution in [-0.4, -0.2) is 17.7 Å². The Balaban J connectivity index is 0.000000853. The Labute approximate surface area is 99.3 Å². The van der Waals surface area contributed by atoms with E-state index in [1.807, 2.05) is 10.6 Å². The zero-order valence-electron chi connectivity index (χ0n) is 8.48. The lowest BCUT2D eigenvalue weighted by Crippen LogP contribution is -2.44. The van der Waals surface area contributed by atoms with Crippen LogP contribution in [0.25, 0.3) is 0 Å². The summed E-state index contributed by atoms with van der Waals surface area (Å²) >= 11 is 0. The molecule has 0 aliphatic carbocycles. The molecule has 15 heavy (non-hydrogen) atoms. The Morgan fingerprint density at radius 1 is 1.33 bits per heavy atom. The number of nitrogens with one attached hydrogen (secondary N) is 1. The predicted octanol–water partition coefficient (Wildman–Crippen LogP) is 1.13. The molecule has 3 nitrogen and oxygen atoms in total. The Bertz CT molecular complexity index is 415. The van der Waals surface area contributed by atoms with E-state index in [4.69, 9.17) is 0 Å². The standard InChI is InChI=1S/C11H14N2O.BrH/c14-11-3-1-2-10-9-4-8(5-12-6-9)7-13(10)11;/h1-3,8-9,12H,4-7H2;1H. The third kappa shape index (κ3) is 1.76. The molecule has 4 heteroatoms. The van der Waals surface area contributed by atoms with Crippen LogP contribution in [0.15, 0.2) is 23.0 Å². The van der Waals surface area contributed by atoms with Crippen LogP contribution in [0, 0.1) is 5.92 Å². The van der Waals surface area contributed by atoms with E-state index in [1.54, 1.807) is 6.07 Å². The first kappa shape index (κ1) is 10.9. The van der Waals surface area contributed by atoms with E-state index in [9.17, 15) is 4.79 Å². The fraction of sp³-hybridized carbons (Fsp3) is 0.545. The zero-order valence-corrected chi connectivity index (χ0v) is 10.2. The molecule has 3 heterocycles. The molecule has 3 rings (SSSR count). The summed E-state index contributed by atoms with van der Waals surface area (Å²) in [5.74, 6) is 1.21. The molecular formula is C11H15BrN2O. The first-order chi connectivity index (χ1) is 6.84. The fourth-order valence-electron chi connectivity index (χ4n) is 2.74. The number of hydrogen-bond donors (Lipinski definition) is 1. The topological polar surface area (TPSA) is 34.0 Å². The van der Waals surface area contributed by atoms with Crippen LogP contribution >= 0.6 is 17.0 Å². The lowest BCUT2D eigenvalue weighted by molar-refractivity contribution is 0.257. The highest BCUT2D eigenvalue weighted by Gasteiger charge is 2.30. The van der Waals surface area contributed by atoms with Gasteiger partial charge in [-0.1, -0.05) is 6.07 Å². The molecule has 1 fully saturated rings. The molecule has 82 valence electrons. The minimum atomic E-state index is 0. The van der Waals surface area contributed by atoms with Crippen LogP contribution in [0.2, 0.25) is 0 Å². The second-order valence-corrected chi connectivity index (χ2v) is 4.36. The molecular weight excluding hydrogens is 256 g/mol. The smallest absolute Gasteiger partial charge is 0.250 e. The van der Waals surface area contributed by atoms with Gasteiger partial charge in [-0.15, -0.1) is 17.0 Å². The van der Waals surface area contributed by atoms with Gasteiger partial charge >= 0.3 is 0 Å². The van der Waals surface area contributed by atoms with Crippen molar-refractivity contribution in [2.45, 2.75) is 18.9 Å². The molecule has 1 N–H and O–H groups in total. The van der Waals surface area contributed by atoms with E-state index in [-0.39, 0.29) is 22.5 Å². The minimum Gasteiger partial charge on any atom is -0.316 e. The Morgan fingerprint density at radius 3 is 3.07 bits per heavy atom. The second-order valence-electron chi connectivity index (χ2n) is 4.36. The van der Waals surface area contributed by atoms with Gasteiger partial charge in [0.1, 0.15) is 0 Å². The summed E-state index contributed by atoms with van der Waals surface area (Å²) < 4.78 is 1.96. The molecule has 0 saturated carbocycles. The van der Waals surface area contributed by atoms with Crippen molar-refractivity contribution in [3.05, 3.63) is 34.2 Å². The van der Waals surface area contributed by atoms with Gasteiger partial charge in [0.2, 0.25) is 0 Å². The molecule has 0 spiro atoms. The summed E-state index contributed by atoms with van der Waals surface area (Å²) in [5.41, 5.74) is 1.39. The average Bonchev–Trinajstić information content (AvgIpc) is 2.20. The van der Waals surface area contributed by atoms with Crippen molar-refractivity contribution in [3.8, 4) is 0 Å². The third-order valence-electron chi connectivity index (χ3n) is 3.38. The second kappa shape index (κ2) is 4.10. The number of fused-ring (bicyclic) bond motifs is 4. The molecule has 0 amide bonds. The number of hydrogen-bond acceptors (Lipinski definition) is 2. The highest BCUT2D eigenvalue weighted by atomic mass is 79.9. The molecule has 0 radical (unpaired) electrons. The molecule has 2 atom stereocenters. The largest absolute Gasteiger partial charge is 0.316 e. The van der Waals surface area contributed by atoms with E-state index < -0.39 is 0 Å². The summed E-state index contributed by atoms with van der Waals surface area (Å²) in [4.78, 5) is 11.6. The normalized spacial score (nSPS) is 27.7. The van der Waals surface area contributed by atoms with Gasteiger partial charge in [-0.2, -0.15) is 0 Å². The summed E-state index contributed by atoms with van der Waals surface area (Å²) in [6.07, 6.45) is 1.25. The SMILES string of the molecule is Br.O=c1cccc2n1CC1CNCC2C1. The fourth-order valence-corrected chi connectivity index (χ4v) is 2.74. The number of nitrogens with zero attached hydrogens (tertiary/aromatic N) is 1. The van der Waals surface area contributed by atoms with Crippen molar-refractivity contribution in [2.24, 2.45) is 5.92 Å². The molecule has 2 bridgehead atoms. The predicted molar refractivity (Wildman–Crippen MR) is 64.7 cm³/mol. The van der Waals surface area contributed by atoms with Crippen LogP contribution in [0.1, 0.15) is 18.0 Å². The van der Waals surface area contributed by atoms with Gasteiger partial charge in [0.05, 0.1) is 0 Å². The zero-order chi connectivity index (χ0) is 9.54. The summed E-state index contributed by atoms with van der Waals surface area (Å²) in [6, 6.07) is 5.64. The van der Waals surface area contributed by atoms with Crippen molar-refractivity contribution in [2.75, 3.05) is 13.1 Å². The first-order valence-electron chi connectivity index (χ1n) is 5.25. The molecule has 2 aliphatic heterocycles. The maximum atomic E-state index is 11.6. The lowest BCUT2D eigenvalue weighted by atomic mass is 9.84. The molecule has 2 aliphatic rings. The van der Waals surface area contributed by atoms with Crippen LogP contribution in [0.5, 0.6) is 0 Å². The maximum absolute atomic E-state index is 11.6. The molecule has 1 saturated heterocycles. The van der Waals surface area contributed by atoms with Crippen LogP contribution in [-0.2, 0) is 6.54 Å². The number of piperidine rings is 1. The average molecular weight is 271 g/mol. The summed E-state index contributed by atoms with van der Waals surface area (Å²) in [7, 11) is 0. The number of halogens is 1. The molecule has 1 aromatic heterocycles. The van der Waals surface area contributed by atoms with Crippen molar-refractivity contribution in [1.29, 1.82) is 0 Å². The van der Waals surface area contributed by atoms with Gasteiger partial charge in [0, 0.05) is 30.8 Å². The van der Waals surface area contributed by atoms with Crippen molar-refractivity contribution in [1.82, 2.24) is 9.88 Å². The van der Waals surface area contributed by atoms with Gasteiger partial charge in [-0.3, -0.25) is 4.79 Å². The monoisotopic (exact) mass is 270 g/mol. The van der Waals surface area contributed by atoms with Crippen molar-refractivity contribution >= 4 is 17.0 Å². The number of aromatic nitrogens is 1. The van der Waals surface area contributed by atoms with E-state index in [0.717, 1.165) is 19.6 Å². The van der Waals surface area contributed by atoms with Crippen LogP contribution in [0.3, 0.4) is 0 Å². The van der Waals surface area contributed by atoms with Crippen molar-refractivity contribution in [3.63, 3.8) is 0 Å². The first-order valence-corrected chi connectivity index (χ1v) is 5.25. The molecule has 0 aromatic carbocycles. The highest BCUT2D eigenvalue weighted by molar-refractivity contribution is 8.93. The quantitative estimate of drug-likeness (QED) is 0.767. The van der Waals surface area contributed by atoms with Crippen LogP contribution < -0.4 is 10.9 Å². The molecule has 1 aromatic rings. The molecule has 2 unspecified atom stereocenters. The van der Waals surface area contributed by atoms with Gasteiger partial charge in [0.15, 0.2) is 0 Å². The van der Waals surface area contributed by atoms with Crippen molar-refractivity contribution < 1.29 is 0 Å². The lowest BCUT2D eigenvalue weighted by Gasteiger charge is -2.37. The third-order valence-corrected chi connectivity index (χ3v) is 3.38. The van der Waals surface area contributed by atoms with Gasteiger partial charge in [0.25, 0.3) is 5.56 Å². The van der Waals surface area contributed by atoms with Crippen LogP contribution in [0.4, 0.5) is 0 Å². The van der Waals surface area contributed by atoms with Gasteiger partial charge in [-0.05, 0) is 24.9 Å². The number of pyridine rings is 1. The van der Waals surface area contributed by atoms with E-state index >= 15 is 0 Å². The van der Waals surface area contributed by atoms with E-state index in [2.05, 4.69) is 11.4 Å². The minimum absolute atomic E-state index is 0. The van der Waals surface area contributed by atoms with E-state index in [1.165, 1.54) is 12.1 Å². The highest BCUT2D eigenvalue weighted by Crippen LogP contribution is 2.31. The summed E-state index contributed by atoms with van der Waals surface area (Å²) in [6.45, 7) is 3.00. The Morgan fingerprint density at radius 2 is 2.20 bits per heavy atom.